The number of rotatable bonds is 4. The van der Waals surface area contributed by atoms with Crippen molar-refractivity contribution in [2.75, 3.05) is 17.7 Å². The van der Waals surface area contributed by atoms with Gasteiger partial charge in [0.25, 0.3) is 5.91 Å². The molecule has 0 atom stereocenters. The van der Waals surface area contributed by atoms with Gasteiger partial charge in [0, 0.05) is 5.56 Å². The van der Waals surface area contributed by atoms with Crippen LogP contribution in [0.4, 0.5) is 15.8 Å². The van der Waals surface area contributed by atoms with E-state index in [1.54, 1.807) is 24.3 Å². The van der Waals surface area contributed by atoms with Crippen LogP contribution in [0.5, 0.6) is 5.75 Å². The quantitative estimate of drug-likeness (QED) is 0.842. The van der Waals surface area contributed by atoms with E-state index in [4.69, 9.17) is 10.5 Å². The number of anilines is 2. The summed E-state index contributed by atoms with van der Waals surface area (Å²) in [4.78, 5) is 12.0. The molecule has 0 saturated carbocycles. The van der Waals surface area contributed by atoms with Crippen LogP contribution in [0.15, 0.2) is 42.5 Å². The maximum atomic E-state index is 13.1. The number of carbonyl (C=O) groups is 1. The Labute approximate surface area is 116 Å². The van der Waals surface area contributed by atoms with Gasteiger partial charge in [-0.3, -0.25) is 4.79 Å². The lowest BCUT2D eigenvalue weighted by Crippen LogP contribution is -2.13. The number of benzene rings is 2. The summed E-state index contributed by atoms with van der Waals surface area (Å²) in [5, 5.41) is 2.57. The smallest absolute Gasteiger partial charge is 0.255 e. The van der Waals surface area contributed by atoms with Gasteiger partial charge in [-0.25, -0.2) is 4.39 Å². The molecule has 2 aromatic rings. The molecular weight excluding hydrogens is 259 g/mol. The zero-order chi connectivity index (χ0) is 14.5. The van der Waals surface area contributed by atoms with Crippen molar-refractivity contribution in [3.8, 4) is 5.75 Å². The molecule has 0 unspecified atom stereocenters. The first-order valence-corrected chi connectivity index (χ1v) is 6.19. The molecule has 0 spiro atoms. The molecule has 0 radical (unpaired) electrons. The molecule has 0 bridgehead atoms. The van der Waals surface area contributed by atoms with Crippen molar-refractivity contribution in [3.05, 3.63) is 53.8 Å². The molecule has 20 heavy (non-hydrogen) atoms. The number of hydrogen-bond donors (Lipinski definition) is 2. The van der Waals surface area contributed by atoms with Gasteiger partial charge in [0.15, 0.2) is 0 Å². The van der Waals surface area contributed by atoms with E-state index >= 15 is 0 Å². The summed E-state index contributed by atoms with van der Waals surface area (Å²) in [6.07, 6.45) is 0. The monoisotopic (exact) mass is 274 g/mol. The fourth-order valence-electron chi connectivity index (χ4n) is 1.70. The van der Waals surface area contributed by atoms with Gasteiger partial charge in [-0.2, -0.15) is 0 Å². The highest BCUT2D eigenvalue weighted by atomic mass is 19.1. The number of halogens is 1. The maximum absolute atomic E-state index is 13.1. The van der Waals surface area contributed by atoms with E-state index in [-0.39, 0.29) is 11.6 Å². The zero-order valence-corrected chi connectivity index (χ0v) is 11.0. The third-order valence-electron chi connectivity index (χ3n) is 2.69. The van der Waals surface area contributed by atoms with E-state index in [1.165, 1.54) is 18.2 Å². The standard InChI is InChI=1S/C15H15FN2O2/c1-2-20-12-6-3-10(4-7-12)15(19)18-14-9-11(16)5-8-13(14)17/h3-9H,2,17H2,1H3,(H,18,19). The van der Waals surface area contributed by atoms with Crippen LogP contribution in [0.25, 0.3) is 0 Å². The fourth-order valence-corrected chi connectivity index (χ4v) is 1.70. The average molecular weight is 274 g/mol. The Bertz CT molecular complexity index is 612. The van der Waals surface area contributed by atoms with Gasteiger partial charge < -0.3 is 15.8 Å². The van der Waals surface area contributed by atoms with Gasteiger partial charge >= 0.3 is 0 Å². The topological polar surface area (TPSA) is 64.3 Å². The average Bonchev–Trinajstić information content (AvgIpc) is 2.44. The maximum Gasteiger partial charge on any atom is 0.255 e. The number of nitrogen functional groups attached to an aromatic ring is 1. The molecule has 0 aliphatic rings. The van der Waals surface area contributed by atoms with Gasteiger partial charge in [-0.05, 0) is 49.4 Å². The van der Waals surface area contributed by atoms with Crippen molar-refractivity contribution in [1.29, 1.82) is 0 Å². The highest BCUT2D eigenvalue weighted by molar-refractivity contribution is 6.05. The summed E-state index contributed by atoms with van der Waals surface area (Å²) in [6, 6.07) is 10.5. The zero-order valence-electron chi connectivity index (χ0n) is 11.0. The summed E-state index contributed by atoms with van der Waals surface area (Å²) in [7, 11) is 0. The third kappa shape index (κ3) is 3.26. The predicted octanol–water partition coefficient (Wildman–Crippen LogP) is 3.06. The van der Waals surface area contributed by atoms with Gasteiger partial charge in [-0.1, -0.05) is 0 Å². The van der Waals surface area contributed by atoms with Crippen LogP contribution < -0.4 is 15.8 Å². The molecule has 1 amide bonds. The minimum atomic E-state index is -0.457. The fraction of sp³-hybridized carbons (Fsp3) is 0.133. The van der Waals surface area contributed by atoms with Crippen LogP contribution in [-0.2, 0) is 0 Å². The van der Waals surface area contributed by atoms with Crippen molar-refractivity contribution in [2.45, 2.75) is 6.92 Å². The lowest BCUT2D eigenvalue weighted by atomic mass is 10.2. The largest absolute Gasteiger partial charge is 0.494 e. The molecule has 0 aliphatic carbocycles. The highest BCUT2D eigenvalue weighted by Crippen LogP contribution is 2.20. The molecule has 0 saturated heterocycles. The first-order chi connectivity index (χ1) is 9.60. The molecule has 2 rings (SSSR count). The highest BCUT2D eigenvalue weighted by Gasteiger charge is 2.09. The lowest BCUT2D eigenvalue weighted by molar-refractivity contribution is 0.102. The summed E-state index contributed by atoms with van der Waals surface area (Å²) < 4.78 is 18.4. The minimum absolute atomic E-state index is 0.254. The number of nitrogens with two attached hydrogens (primary N) is 1. The Kier molecular flexibility index (Phi) is 4.20. The van der Waals surface area contributed by atoms with Crippen LogP contribution in [0.1, 0.15) is 17.3 Å². The first kappa shape index (κ1) is 13.9. The van der Waals surface area contributed by atoms with Crippen LogP contribution in [0, 0.1) is 5.82 Å². The summed E-state index contributed by atoms with van der Waals surface area (Å²) in [6.45, 7) is 2.44. The lowest BCUT2D eigenvalue weighted by Gasteiger charge is -2.09. The van der Waals surface area contributed by atoms with Crippen molar-refractivity contribution in [2.24, 2.45) is 0 Å². The van der Waals surface area contributed by atoms with E-state index < -0.39 is 5.82 Å². The van der Waals surface area contributed by atoms with E-state index in [1.807, 2.05) is 6.92 Å². The molecule has 5 heteroatoms. The van der Waals surface area contributed by atoms with Crippen LogP contribution in [-0.4, -0.2) is 12.5 Å². The summed E-state index contributed by atoms with van der Waals surface area (Å²) in [5.74, 6) is -0.124. The van der Waals surface area contributed by atoms with E-state index in [0.717, 1.165) is 0 Å². The number of amides is 1. The molecule has 2 aromatic carbocycles. The second kappa shape index (κ2) is 6.06. The summed E-state index contributed by atoms with van der Waals surface area (Å²) in [5.41, 5.74) is 6.68. The van der Waals surface area contributed by atoms with E-state index in [0.29, 0.717) is 23.6 Å². The number of carbonyl (C=O) groups excluding carboxylic acids is 1. The number of nitrogens with one attached hydrogen (secondary N) is 1. The Hall–Kier alpha value is -2.56. The summed E-state index contributed by atoms with van der Waals surface area (Å²) >= 11 is 0. The third-order valence-corrected chi connectivity index (χ3v) is 2.69. The molecular formula is C15H15FN2O2. The molecule has 0 aliphatic heterocycles. The minimum Gasteiger partial charge on any atom is -0.494 e. The van der Waals surface area contributed by atoms with Crippen molar-refractivity contribution < 1.29 is 13.9 Å². The Morgan fingerprint density at radius 3 is 2.60 bits per heavy atom. The van der Waals surface area contributed by atoms with Crippen molar-refractivity contribution in [1.82, 2.24) is 0 Å². The Morgan fingerprint density at radius 2 is 1.95 bits per heavy atom. The number of hydrogen-bond acceptors (Lipinski definition) is 3. The van der Waals surface area contributed by atoms with Gasteiger partial charge in [0.1, 0.15) is 11.6 Å². The van der Waals surface area contributed by atoms with Crippen LogP contribution in [0.3, 0.4) is 0 Å². The van der Waals surface area contributed by atoms with Crippen molar-refractivity contribution in [3.63, 3.8) is 0 Å². The van der Waals surface area contributed by atoms with Gasteiger partial charge in [0.2, 0.25) is 0 Å². The predicted molar refractivity (Wildman–Crippen MR) is 76.4 cm³/mol. The van der Waals surface area contributed by atoms with Crippen LogP contribution >= 0.6 is 0 Å². The van der Waals surface area contributed by atoms with E-state index in [2.05, 4.69) is 5.32 Å². The second-order valence-corrected chi connectivity index (χ2v) is 4.14. The van der Waals surface area contributed by atoms with Gasteiger partial charge in [-0.15, -0.1) is 0 Å². The molecule has 3 N–H and O–H groups in total. The molecule has 0 aromatic heterocycles. The Morgan fingerprint density at radius 1 is 1.25 bits per heavy atom. The Balaban J connectivity index is 2.13. The normalized spacial score (nSPS) is 10.1. The molecule has 0 fully saturated rings. The SMILES string of the molecule is CCOc1ccc(C(=O)Nc2cc(F)ccc2N)cc1. The van der Waals surface area contributed by atoms with Crippen molar-refractivity contribution >= 4 is 17.3 Å². The second-order valence-electron chi connectivity index (χ2n) is 4.14. The molecule has 0 heterocycles. The first-order valence-electron chi connectivity index (χ1n) is 6.19. The number of ether oxygens (including phenoxy) is 1. The van der Waals surface area contributed by atoms with E-state index in [9.17, 15) is 9.18 Å². The molecule has 104 valence electrons. The molecule has 4 nitrogen and oxygen atoms in total. The van der Waals surface area contributed by atoms with Gasteiger partial charge in [0.05, 0.1) is 18.0 Å². The van der Waals surface area contributed by atoms with Crippen LogP contribution in [0.2, 0.25) is 0 Å².